The molecule has 0 unspecified atom stereocenters. The predicted molar refractivity (Wildman–Crippen MR) is 255 cm³/mol. The zero-order chi connectivity index (χ0) is 39.8. The average Bonchev–Trinajstić information content (AvgIpc) is 3.67. The summed E-state index contributed by atoms with van der Waals surface area (Å²) in [7, 11) is 0. The van der Waals surface area contributed by atoms with E-state index in [1.807, 2.05) is 0 Å². The molecule has 0 radical (unpaired) electrons. The van der Waals surface area contributed by atoms with E-state index >= 15 is 0 Å². The summed E-state index contributed by atoms with van der Waals surface area (Å²) in [6.07, 6.45) is 0. The smallest absolute Gasteiger partial charge is 0.0553 e. The van der Waals surface area contributed by atoms with Crippen LogP contribution in [0.1, 0.15) is 0 Å². The predicted octanol–water partition coefficient (Wildman–Crippen LogP) is 16.1. The fourth-order valence-corrected chi connectivity index (χ4v) is 8.84. The van der Waals surface area contributed by atoms with Crippen molar-refractivity contribution in [1.29, 1.82) is 0 Å². The summed E-state index contributed by atoms with van der Waals surface area (Å²) in [5, 5.41) is 4.96. The van der Waals surface area contributed by atoms with E-state index in [1.54, 1.807) is 0 Å². The maximum Gasteiger partial charge on any atom is 0.0553 e. The molecule has 2 nitrogen and oxygen atoms in total. The van der Waals surface area contributed by atoms with E-state index in [1.165, 1.54) is 71.5 Å². The third-order valence-corrected chi connectivity index (χ3v) is 11.8. The topological polar surface area (TPSA) is 8.17 Å². The lowest BCUT2D eigenvalue weighted by Crippen LogP contribution is -2.10. The van der Waals surface area contributed by atoms with Crippen molar-refractivity contribution >= 4 is 49.6 Å². The molecule has 0 saturated carbocycles. The van der Waals surface area contributed by atoms with Crippen molar-refractivity contribution in [3.63, 3.8) is 0 Å². The van der Waals surface area contributed by atoms with E-state index in [0.717, 1.165) is 28.3 Å². The van der Waals surface area contributed by atoms with E-state index in [2.05, 4.69) is 252 Å². The summed E-state index contributed by atoms with van der Waals surface area (Å²) in [5.41, 5.74) is 16.3. The summed E-state index contributed by atoms with van der Waals surface area (Å²) >= 11 is 0. The van der Waals surface area contributed by atoms with Crippen LogP contribution < -0.4 is 4.90 Å². The zero-order valence-electron chi connectivity index (χ0n) is 33.0. The van der Waals surface area contributed by atoms with Crippen LogP contribution in [-0.4, -0.2) is 4.57 Å². The second-order valence-corrected chi connectivity index (χ2v) is 15.4. The van der Waals surface area contributed by atoms with Gasteiger partial charge in [-0.25, -0.2) is 0 Å². The van der Waals surface area contributed by atoms with E-state index in [-0.39, 0.29) is 0 Å². The Morgan fingerprint density at radius 3 is 1.52 bits per heavy atom. The van der Waals surface area contributed by atoms with Crippen LogP contribution in [0.5, 0.6) is 0 Å². The maximum atomic E-state index is 2.42. The molecular formula is C58H40N2. The molecule has 2 heteroatoms. The molecule has 0 bridgehead atoms. The van der Waals surface area contributed by atoms with Gasteiger partial charge in [0.2, 0.25) is 0 Å². The van der Waals surface area contributed by atoms with E-state index in [9.17, 15) is 0 Å². The molecule has 0 amide bonds. The minimum atomic E-state index is 1.09. The van der Waals surface area contributed by atoms with Gasteiger partial charge >= 0.3 is 0 Å². The molecular weight excluding hydrogens is 725 g/mol. The maximum absolute atomic E-state index is 2.42. The Kier molecular flexibility index (Phi) is 8.87. The number of para-hydroxylation sites is 2. The molecule has 11 aromatic rings. The molecule has 0 atom stereocenters. The van der Waals surface area contributed by atoms with Gasteiger partial charge in [0.25, 0.3) is 0 Å². The van der Waals surface area contributed by atoms with Gasteiger partial charge in [-0.05, 0) is 128 Å². The van der Waals surface area contributed by atoms with E-state index < -0.39 is 0 Å². The monoisotopic (exact) mass is 764 g/mol. The molecule has 0 aliphatic carbocycles. The number of rotatable bonds is 8. The minimum absolute atomic E-state index is 1.09. The van der Waals surface area contributed by atoms with Crippen molar-refractivity contribution in [2.24, 2.45) is 0 Å². The van der Waals surface area contributed by atoms with Crippen LogP contribution in [0.25, 0.3) is 82.8 Å². The normalized spacial score (nSPS) is 11.3. The first kappa shape index (κ1) is 35.2. The van der Waals surface area contributed by atoms with Crippen molar-refractivity contribution in [2.75, 3.05) is 4.90 Å². The van der Waals surface area contributed by atoms with Crippen molar-refractivity contribution in [3.8, 4) is 50.2 Å². The molecule has 0 fully saturated rings. The molecule has 60 heavy (non-hydrogen) atoms. The molecule has 1 heterocycles. The molecule has 11 rings (SSSR count). The Balaban J connectivity index is 1.09. The Labute approximate surface area is 350 Å². The van der Waals surface area contributed by atoms with Crippen LogP contribution in [0.2, 0.25) is 0 Å². The lowest BCUT2D eigenvalue weighted by Gasteiger charge is -2.26. The first-order chi connectivity index (χ1) is 29.7. The Morgan fingerprint density at radius 1 is 0.283 bits per heavy atom. The quantitative estimate of drug-likeness (QED) is 0.150. The summed E-state index contributed by atoms with van der Waals surface area (Å²) in [6, 6.07) is 87.9. The molecule has 0 spiro atoms. The van der Waals surface area contributed by atoms with Crippen LogP contribution >= 0.6 is 0 Å². The second kappa shape index (κ2) is 15.1. The lowest BCUT2D eigenvalue weighted by atomic mass is 9.94. The summed E-state index contributed by atoms with van der Waals surface area (Å²) in [5.74, 6) is 0. The van der Waals surface area contributed by atoms with Gasteiger partial charge in [-0.2, -0.15) is 0 Å². The Hall–Kier alpha value is -7.94. The third-order valence-electron chi connectivity index (χ3n) is 11.8. The van der Waals surface area contributed by atoms with Gasteiger partial charge in [-0.15, -0.1) is 0 Å². The molecule has 0 saturated heterocycles. The van der Waals surface area contributed by atoms with Gasteiger partial charge < -0.3 is 9.47 Å². The number of fused-ring (bicyclic) bond motifs is 4. The SMILES string of the molecule is c1ccc(-c2ccc(N(c3ccc(-c4ccc5ccccc5c4)cc3)c3cccc(-c4cc(-c5ccccc5)cc5c4c4ccccc4n5-c4ccccc4)c3)cc2)cc1. The highest BCUT2D eigenvalue weighted by Gasteiger charge is 2.20. The number of nitrogens with zero attached hydrogens (tertiary/aromatic N) is 2. The molecule has 282 valence electrons. The minimum Gasteiger partial charge on any atom is -0.310 e. The third kappa shape index (κ3) is 6.41. The number of aromatic nitrogens is 1. The largest absolute Gasteiger partial charge is 0.310 e. The van der Waals surface area contributed by atoms with Gasteiger partial charge in [0, 0.05) is 33.5 Å². The van der Waals surface area contributed by atoms with Crippen LogP contribution in [0.4, 0.5) is 17.1 Å². The fraction of sp³-hybridized carbons (Fsp3) is 0. The standard InChI is InChI=1S/C58H40N2/c1-4-15-41(16-5-1)44-29-33-51(34-30-44)59(52-35-31-45(32-36-52)47-28-27-43-19-10-11-20-46(43)37-47)53-24-14-21-48(38-53)55-39-49(42-17-6-2-7-18-42)40-57-58(55)54-25-12-13-26-56(54)60(57)50-22-8-3-9-23-50/h1-40H. The molecule has 0 aliphatic rings. The van der Waals surface area contributed by atoms with Gasteiger partial charge in [-0.1, -0.05) is 170 Å². The number of benzene rings is 10. The average molecular weight is 765 g/mol. The first-order valence-corrected chi connectivity index (χ1v) is 20.6. The van der Waals surface area contributed by atoms with Crippen LogP contribution in [0.3, 0.4) is 0 Å². The fourth-order valence-electron chi connectivity index (χ4n) is 8.84. The zero-order valence-corrected chi connectivity index (χ0v) is 33.0. The molecule has 10 aromatic carbocycles. The number of hydrogen-bond donors (Lipinski definition) is 0. The molecule has 0 aliphatic heterocycles. The lowest BCUT2D eigenvalue weighted by molar-refractivity contribution is 1.18. The van der Waals surface area contributed by atoms with Gasteiger partial charge in [0.05, 0.1) is 11.0 Å². The van der Waals surface area contributed by atoms with Gasteiger partial charge in [0.1, 0.15) is 0 Å². The van der Waals surface area contributed by atoms with Crippen LogP contribution in [0, 0.1) is 0 Å². The highest BCUT2D eigenvalue weighted by Crippen LogP contribution is 2.44. The summed E-state index contributed by atoms with van der Waals surface area (Å²) in [6.45, 7) is 0. The highest BCUT2D eigenvalue weighted by molar-refractivity contribution is 6.17. The van der Waals surface area contributed by atoms with Crippen molar-refractivity contribution in [3.05, 3.63) is 243 Å². The molecule has 1 aromatic heterocycles. The number of anilines is 3. The van der Waals surface area contributed by atoms with Crippen molar-refractivity contribution in [1.82, 2.24) is 4.57 Å². The van der Waals surface area contributed by atoms with E-state index in [4.69, 9.17) is 0 Å². The molecule has 0 N–H and O–H groups in total. The van der Waals surface area contributed by atoms with Gasteiger partial charge in [0.15, 0.2) is 0 Å². The number of hydrogen-bond acceptors (Lipinski definition) is 1. The second-order valence-electron chi connectivity index (χ2n) is 15.4. The van der Waals surface area contributed by atoms with E-state index in [0.29, 0.717) is 0 Å². The Bertz CT molecular complexity index is 3270. The summed E-state index contributed by atoms with van der Waals surface area (Å²) < 4.78 is 2.42. The van der Waals surface area contributed by atoms with Crippen LogP contribution in [0.15, 0.2) is 243 Å². The Morgan fingerprint density at radius 2 is 0.817 bits per heavy atom. The summed E-state index contributed by atoms with van der Waals surface area (Å²) in [4.78, 5) is 2.38. The first-order valence-electron chi connectivity index (χ1n) is 20.6. The van der Waals surface area contributed by atoms with Crippen LogP contribution in [-0.2, 0) is 0 Å². The van der Waals surface area contributed by atoms with Gasteiger partial charge in [-0.3, -0.25) is 0 Å². The highest BCUT2D eigenvalue weighted by atomic mass is 15.1. The van der Waals surface area contributed by atoms with Crippen molar-refractivity contribution in [2.45, 2.75) is 0 Å². The van der Waals surface area contributed by atoms with Crippen molar-refractivity contribution < 1.29 is 0 Å².